The van der Waals surface area contributed by atoms with Crippen LogP contribution in [0, 0.1) is 0 Å². The molecule has 2 rings (SSSR count). The van der Waals surface area contributed by atoms with Crippen LogP contribution in [0.5, 0.6) is 0 Å². The number of nitrogens with zero attached hydrogens (tertiary/aromatic N) is 2. The highest BCUT2D eigenvalue weighted by Gasteiger charge is 2.15. The third kappa shape index (κ3) is 7.24. The maximum absolute atomic E-state index is 12.1. The minimum absolute atomic E-state index is 0. The lowest BCUT2D eigenvalue weighted by molar-refractivity contribution is -0.130. The van der Waals surface area contributed by atoms with Gasteiger partial charge in [0.1, 0.15) is 12.3 Å². The van der Waals surface area contributed by atoms with E-state index in [0.29, 0.717) is 5.96 Å². The SMILES string of the molecule is CCNC(=NCC(=O)N1CCCCC1)NCCc1ccco1.I. The van der Waals surface area contributed by atoms with Crippen LogP contribution < -0.4 is 10.6 Å². The number of guanidine groups is 1. The summed E-state index contributed by atoms with van der Waals surface area (Å²) >= 11 is 0. The van der Waals surface area contributed by atoms with Crippen molar-refractivity contribution in [2.75, 3.05) is 32.7 Å². The van der Waals surface area contributed by atoms with Crippen molar-refractivity contribution in [2.45, 2.75) is 32.6 Å². The molecule has 7 heteroatoms. The Bertz CT molecular complexity index is 470. The number of hydrogen-bond donors (Lipinski definition) is 2. The van der Waals surface area contributed by atoms with Gasteiger partial charge in [-0.3, -0.25) is 4.79 Å². The molecule has 6 nitrogen and oxygen atoms in total. The zero-order valence-electron chi connectivity index (χ0n) is 13.7. The molecule has 0 atom stereocenters. The standard InChI is InChI=1S/C16H26N4O2.HI/c1-2-17-16(18-9-8-14-7-6-12-22-14)19-13-15(21)20-10-4-3-5-11-20;/h6-7,12H,2-5,8-11,13H2,1H3,(H2,17,18,19);1H. The first kappa shape index (κ1) is 19.8. The van der Waals surface area contributed by atoms with Crippen LogP contribution in [0.15, 0.2) is 27.8 Å². The van der Waals surface area contributed by atoms with Crippen LogP contribution in [0.1, 0.15) is 31.9 Å². The molecule has 0 bridgehead atoms. The number of likely N-dealkylation sites (tertiary alicyclic amines) is 1. The maximum Gasteiger partial charge on any atom is 0.244 e. The molecule has 1 aromatic rings. The number of nitrogens with one attached hydrogen (secondary N) is 2. The molecule has 1 fully saturated rings. The summed E-state index contributed by atoms with van der Waals surface area (Å²) in [5, 5.41) is 6.38. The fraction of sp³-hybridized carbons (Fsp3) is 0.625. The van der Waals surface area contributed by atoms with Gasteiger partial charge in [0, 0.05) is 32.6 Å². The monoisotopic (exact) mass is 434 g/mol. The van der Waals surface area contributed by atoms with E-state index in [1.54, 1.807) is 6.26 Å². The van der Waals surface area contributed by atoms with Gasteiger partial charge in [-0.1, -0.05) is 0 Å². The average Bonchev–Trinajstić information content (AvgIpc) is 3.06. The van der Waals surface area contributed by atoms with Crippen molar-refractivity contribution in [1.82, 2.24) is 15.5 Å². The molecule has 0 saturated carbocycles. The van der Waals surface area contributed by atoms with Gasteiger partial charge in [0.2, 0.25) is 5.91 Å². The molecule has 1 aromatic heterocycles. The van der Waals surface area contributed by atoms with Gasteiger partial charge in [-0.05, 0) is 38.3 Å². The van der Waals surface area contributed by atoms with Crippen molar-refractivity contribution < 1.29 is 9.21 Å². The third-order valence-electron chi connectivity index (χ3n) is 3.67. The van der Waals surface area contributed by atoms with Crippen LogP contribution in [0.3, 0.4) is 0 Å². The number of piperidine rings is 1. The molecule has 23 heavy (non-hydrogen) atoms. The number of carbonyl (C=O) groups is 1. The molecule has 1 saturated heterocycles. The molecule has 0 radical (unpaired) electrons. The maximum atomic E-state index is 12.1. The number of aliphatic imine (C=N–C) groups is 1. The zero-order valence-corrected chi connectivity index (χ0v) is 16.0. The van der Waals surface area contributed by atoms with Crippen LogP contribution in [-0.4, -0.2) is 49.5 Å². The summed E-state index contributed by atoms with van der Waals surface area (Å²) < 4.78 is 5.29. The molecule has 0 aromatic carbocycles. The van der Waals surface area contributed by atoms with Crippen molar-refractivity contribution in [1.29, 1.82) is 0 Å². The first-order valence-electron chi connectivity index (χ1n) is 8.12. The molecule has 1 aliphatic rings. The largest absolute Gasteiger partial charge is 0.469 e. The molecular formula is C16H27IN4O2. The van der Waals surface area contributed by atoms with Crippen LogP contribution in [0.25, 0.3) is 0 Å². The second-order valence-corrected chi connectivity index (χ2v) is 5.39. The van der Waals surface area contributed by atoms with Crippen LogP contribution >= 0.6 is 24.0 Å². The molecular weight excluding hydrogens is 407 g/mol. The Morgan fingerprint density at radius 1 is 1.30 bits per heavy atom. The van der Waals surface area contributed by atoms with Crippen molar-refractivity contribution in [3.63, 3.8) is 0 Å². The molecule has 2 N–H and O–H groups in total. The van der Waals surface area contributed by atoms with E-state index in [9.17, 15) is 4.79 Å². The molecule has 1 aliphatic heterocycles. The molecule has 0 aliphatic carbocycles. The Morgan fingerprint density at radius 3 is 2.74 bits per heavy atom. The summed E-state index contributed by atoms with van der Waals surface area (Å²) in [6, 6.07) is 3.83. The average molecular weight is 434 g/mol. The quantitative estimate of drug-likeness (QED) is 0.409. The van der Waals surface area contributed by atoms with Crippen molar-refractivity contribution >= 4 is 35.8 Å². The van der Waals surface area contributed by atoms with Crippen LogP contribution in [0.4, 0.5) is 0 Å². The first-order chi connectivity index (χ1) is 10.8. The highest BCUT2D eigenvalue weighted by molar-refractivity contribution is 14.0. The second kappa shape index (κ2) is 11.3. The molecule has 2 heterocycles. The predicted octanol–water partition coefficient (Wildman–Crippen LogP) is 2.01. The Hall–Kier alpha value is -1.25. The summed E-state index contributed by atoms with van der Waals surface area (Å²) in [4.78, 5) is 18.4. The fourth-order valence-corrected chi connectivity index (χ4v) is 2.49. The number of carbonyl (C=O) groups excluding carboxylic acids is 1. The van der Waals surface area contributed by atoms with Crippen molar-refractivity contribution in [3.8, 4) is 0 Å². The normalized spacial score (nSPS) is 15.0. The second-order valence-electron chi connectivity index (χ2n) is 5.39. The van der Waals surface area contributed by atoms with E-state index in [2.05, 4.69) is 15.6 Å². The summed E-state index contributed by atoms with van der Waals surface area (Å²) in [6.45, 7) is 5.45. The van der Waals surface area contributed by atoms with E-state index in [0.717, 1.165) is 51.2 Å². The van der Waals surface area contributed by atoms with Gasteiger partial charge in [-0.25, -0.2) is 4.99 Å². The van der Waals surface area contributed by atoms with E-state index in [4.69, 9.17) is 4.42 Å². The van der Waals surface area contributed by atoms with Gasteiger partial charge in [-0.15, -0.1) is 24.0 Å². The lowest BCUT2D eigenvalue weighted by Gasteiger charge is -2.26. The van der Waals surface area contributed by atoms with Gasteiger partial charge < -0.3 is 20.0 Å². The van der Waals surface area contributed by atoms with E-state index >= 15 is 0 Å². The first-order valence-corrected chi connectivity index (χ1v) is 8.12. The molecule has 130 valence electrons. The van der Waals surface area contributed by atoms with Gasteiger partial charge in [0.25, 0.3) is 0 Å². The van der Waals surface area contributed by atoms with E-state index in [-0.39, 0.29) is 36.4 Å². The summed E-state index contributed by atoms with van der Waals surface area (Å²) in [7, 11) is 0. The Labute approximate surface area is 155 Å². The minimum Gasteiger partial charge on any atom is -0.469 e. The minimum atomic E-state index is 0. The Balaban J connectivity index is 0.00000264. The number of halogens is 1. The van der Waals surface area contributed by atoms with Crippen LogP contribution in [-0.2, 0) is 11.2 Å². The van der Waals surface area contributed by atoms with E-state index < -0.39 is 0 Å². The highest BCUT2D eigenvalue weighted by atomic mass is 127. The molecule has 0 unspecified atom stereocenters. The Morgan fingerprint density at radius 2 is 2.09 bits per heavy atom. The summed E-state index contributed by atoms with van der Waals surface area (Å²) in [5.74, 6) is 1.73. The van der Waals surface area contributed by atoms with Crippen LogP contribution in [0.2, 0.25) is 0 Å². The smallest absolute Gasteiger partial charge is 0.244 e. The van der Waals surface area contributed by atoms with Gasteiger partial charge in [-0.2, -0.15) is 0 Å². The topological polar surface area (TPSA) is 69.9 Å². The fourth-order valence-electron chi connectivity index (χ4n) is 2.49. The third-order valence-corrected chi connectivity index (χ3v) is 3.67. The number of hydrogen-bond acceptors (Lipinski definition) is 3. The summed E-state index contributed by atoms with van der Waals surface area (Å²) in [6.07, 6.45) is 5.90. The lowest BCUT2D eigenvalue weighted by Crippen LogP contribution is -2.41. The van der Waals surface area contributed by atoms with E-state index in [1.807, 2.05) is 24.0 Å². The van der Waals surface area contributed by atoms with Gasteiger partial charge in [0.05, 0.1) is 6.26 Å². The van der Waals surface area contributed by atoms with Gasteiger partial charge >= 0.3 is 0 Å². The predicted molar refractivity (Wildman–Crippen MR) is 102 cm³/mol. The van der Waals surface area contributed by atoms with Crippen molar-refractivity contribution in [2.24, 2.45) is 4.99 Å². The van der Waals surface area contributed by atoms with E-state index in [1.165, 1.54) is 6.42 Å². The number of rotatable bonds is 6. The number of amides is 1. The Kier molecular flexibility index (Phi) is 9.74. The summed E-state index contributed by atoms with van der Waals surface area (Å²) in [5.41, 5.74) is 0. The van der Waals surface area contributed by atoms with Gasteiger partial charge in [0.15, 0.2) is 5.96 Å². The highest BCUT2D eigenvalue weighted by Crippen LogP contribution is 2.08. The zero-order chi connectivity index (χ0) is 15.6. The van der Waals surface area contributed by atoms with Crippen molar-refractivity contribution in [3.05, 3.63) is 24.2 Å². The number of furan rings is 1. The lowest BCUT2D eigenvalue weighted by atomic mass is 10.1. The molecule has 0 spiro atoms. The molecule has 1 amide bonds.